The fourth-order valence-corrected chi connectivity index (χ4v) is 1.82. The highest BCUT2D eigenvalue weighted by atomic mass is 15.1. The second-order valence-corrected chi connectivity index (χ2v) is 3.92. The maximum Gasteiger partial charge on any atom is 0.224 e. The molecule has 0 amide bonds. The highest BCUT2D eigenvalue weighted by Gasteiger charge is 2.12. The van der Waals surface area contributed by atoms with Crippen LogP contribution in [0.4, 0.5) is 5.95 Å². The molecule has 1 unspecified atom stereocenters. The molecule has 1 aromatic rings. The van der Waals surface area contributed by atoms with Gasteiger partial charge in [0.15, 0.2) is 0 Å². The summed E-state index contributed by atoms with van der Waals surface area (Å²) in [6.07, 6.45) is 5.16. The van der Waals surface area contributed by atoms with E-state index in [0.717, 1.165) is 19.5 Å². The molecule has 1 aromatic heterocycles. The molecular formula is C11H15N5. The van der Waals surface area contributed by atoms with Gasteiger partial charge in [-0.25, -0.2) is 9.97 Å². The van der Waals surface area contributed by atoms with Gasteiger partial charge in [0.25, 0.3) is 0 Å². The number of nitriles is 1. The third-order valence-corrected chi connectivity index (χ3v) is 2.65. The topological polar surface area (TPSA) is 73.6 Å². The number of rotatable bonds is 2. The van der Waals surface area contributed by atoms with Gasteiger partial charge in [0.2, 0.25) is 5.95 Å². The lowest BCUT2D eigenvalue weighted by atomic mass is 10.1. The monoisotopic (exact) mass is 217 g/mol. The molecule has 0 radical (unpaired) electrons. The molecule has 1 aliphatic heterocycles. The van der Waals surface area contributed by atoms with Gasteiger partial charge in [-0.15, -0.1) is 0 Å². The molecule has 0 aromatic carbocycles. The van der Waals surface area contributed by atoms with Crippen LogP contribution < -0.4 is 10.6 Å². The van der Waals surface area contributed by atoms with E-state index in [0.29, 0.717) is 17.7 Å². The zero-order valence-electron chi connectivity index (χ0n) is 9.11. The van der Waals surface area contributed by atoms with Gasteiger partial charge in [0.1, 0.15) is 11.8 Å². The first-order valence-electron chi connectivity index (χ1n) is 5.59. The number of nitrogens with zero attached hydrogens (tertiary/aromatic N) is 3. The molecule has 84 valence electrons. The molecule has 1 aliphatic rings. The normalized spacial score (nSPS) is 20.8. The maximum absolute atomic E-state index is 8.73. The van der Waals surface area contributed by atoms with E-state index in [2.05, 4.69) is 20.6 Å². The minimum absolute atomic E-state index is 0.358. The molecule has 2 heterocycles. The van der Waals surface area contributed by atoms with Crippen LogP contribution in [0.2, 0.25) is 0 Å². The van der Waals surface area contributed by atoms with Crippen LogP contribution in [0.1, 0.15) is 25.0 Å². The van der Waals surface area contributed by atoms with Crippen molar-refractivity contribution in [3.05, 3.63) is 18.0 Å². The van der Waals surface area contributed by atoms with Crippen molar-refractivity contribution in [3.8, 4) is 6.07 Å². The molecule has 1 atom stereocenters. The molecule has 16 heavy (non-hydrogen) atoms. The van der Waals surface area contributed by atoms with Crippen LogP contribution in [0.25, 0.3) is 0 Å². The lowest BCUT2D eigenvalue weighted by Gasteiger charge is -2.15. The standard InChI is InChI=1S/C11H15N5/c12-7-9-4-6-14-11(15-9)16-10-3-1-2-5-13-8-10/h4,6,10,13H,1-3,5,8H2,(H,14,15,16). The molecule has 0 bridgehead atoms. The van der Waals surface area contributed by atoms with Gasteiger partial charge in [0.05, 0.1) is 0 Å². The van der Waals surface area contributed by atoms with Crippen LogP contribution >= 0.6 is 0 Å². The quantitative estimate of drug-likeness (QED) is 0.770. The number of aromatic nitrogens is 2. The fraction of sp³-hybridized carbons (Fsp3) is 0.545. The van der Waals surface area contributed by atoms with Crippen molar-refractivity contribution in [2.75, 3.05) is 18.4 Å². The van der Waals surface area contributed by atoms with Crippen molar-refractivity contribution in [1.29, 1.82) is 5.26 Å². The third kappa shape index (κ3) is 2.91. The second kappa shape index (κ2) is 5.42. The summed E-state index contributed by atoms with van der Waals surface area (Å²) in [5.41, 5.74) is 0.402. The van der Waals surface area contributed by atoms with Gasteiger partial charge in [-0.05, 0) is 25.5 Å². The first-order valence-corrected chi connectivity index (χ1v) is 5.59. The van der Waals surface area contributed by atoms with Crippen molar-refractivity contribution in [2.24, 2.45) is 0 Å². The average Bonchev–Trinajstić information content (AvgIpc) is 2.58. The molecule has 2 rings (SSSR count). The van der Waals surface area contributed by atoms with E-state index < -0.39 is 0 Å². The summed E-state index contributed by atoms with van der Waals surface area (Å²) < 4.78 is 0. The van der Waals surface area contributed by atoms with Gasteiger partial charge in [0, 0.05) is 18.8 Å². The van der Waals surface area contributed by atoms with Gasteiger partial charge >= 0.3 is 0 Å². The van der Waals surface area contributed by atoms with E-state index in [1.54, 1.807) is 12.3 Å². The Bertz CT molecular complexity index is 376. The molecule has 1 saturated heterocycles. The molecular weight excluding hydrogens is 202 g/mol. The SMILES string of the molecule is N#Cc1ccnc(NC2CCCCNC2)n1. The smallest absolute Gasteiger partial charge is 0.224 e. The van der Waals surface area contributed by atoms with Crippen LogP contribution in [-0.4, -0.2) is 29.1 Å². The number of hydrogen-bond acceptors (Lipinski definition) is 5. The Morgan fingerprint density at radius 3 is 3.31 bits per heavy atom. The molecule has 5 nitrogen and oxygen atoms in total. The van der Waals surface area contributed by atoms with E-state index >= 15 is 0 Å². The summed E-state index contributed by atoms with van der Waals surface area (Å²) in [5, 5.41) is 15.4. The third-order valence-electron chi connectivity index (χ3n) is 2.65. The zero-order valence-corrected chi connectivity index (χ0v) is 9.11. The minimum atomic E-state index is 0.358. The van der Waals surface area contributed by atoms with E-state index in [1.807, 2.05) is 6.07 Å². The summed E-state index contributed by atoms with van der Waals surface area (Å²) in [6, 6.07) is 3.98. The van der Waals surface area contributed by atoms with Crippen LogP contribution in [-0.2, 0) is 0 Å². The highest BCUT2D eigenvalue weighted by molar-refractivity contribution is 5.31. The lowest BCUT2D eigenvalue weighted by Crippen LogP contribution is -2.31. The summed E-state index contributed by atoms with van der Waals surface area (Å²) in [4.78, 5) is 8.22. The Morgan fingerprint density at radius 2 is 2.44 bits per heavy atom. The number of hydrogen-bond donors (Lipinski definition) is 2. The summed E-state index contributed by atoms with van der Waals surface area (Å²) >= 11 is 0. The van der Waals surface area contributed by atoms with E-state index in [9.17, 15) is 0 Å². The predicted molar refractivity (Wildman–Crippen MR) is 60.9 cm³/mol. The first kappa shape index (κ1) is 10.8. The zero-order chi connectivity index (χ0) is 11.2. The van der Waals surface area contributed by atoms with Crippen molar-refractivity contribution in [3.63, 3.8) is 0 Å². The first-order chi connectivity index (χ1) is 7.88. The van der Waals surface area contributed by atoms with E-state index in [-0.39, 0.29) is 0 Å². The van der Waals surface area contributed by atoms with Crippen molar-refractivity contribution in [1.82, 2.24) is 15.3 Å². The largest absolute Gasteiger partial charge is 0.350 e. The average molecular weight is 217 g/mol. The fourth-order valence-electron chi connectivity index (χ4n) is 1.82. The second-order valence-electron chi connectivity index (χ2n) is 3.92. The Hall–Kier alpha value is -1.67. The predicted octanol–water partition coefficient (Wildman–Crippen LogP) is 0.902. The van der Waals surface area contributed by atoms with Crippen molar-refractivity contribution >= 4 is 5.95 Å². The molecule has 0 saturated carbocycles. The van der Waals surface area contributed by atoms with Crippen LogP contribution in [0.5, 0.6) is 0 Å². The molecule has 0 spiro atoms. The van der Waals surface area contributed by atoms with Gasteiger partial charge in [-0.2, -0.15) is 5.26 Å². The Morgan fingerprint density at radius 1 is 1.50 bits per heavy atom. The Balaban J connectivity index is 1.99. The van der Waals surface area contributed by atoms with Gasteiger partial charge in [-0.1, -0.05) is 6.42 Å². The minimum Gasteiger partial charge on any atom is -0.350 e. The van der Waals surface area contributed by atoms with Crippen LogP contribution in [0.15, 0.2) is 12.3 Å². The molecule has 2 N–H and O–H groups in total. The van der Waals surface area contributed by atoms with E-state index in [4.69, 9.17) is 5.26 Å². The van der Waals surface area contributed by atoms with Crippen molar-refractivity contribution in [2.45, 2.75) is 25.3 Å². The van der Waals surface area contributed by atoms with E-state index in [1.165, 1.54) is 12.8 Å². The number of nitrogens with one attached hydrogen (secondary N) is 2. The highest BCUT2D eigenvalue weighted by Crippen LogP contribution is 2.09. The van der Waals surface area contributed by atoms with Crippen LogP contribution in [0.3, 0.4) is 0 Å². The van der Waals surface area contributed by atoms with Gasteiger partial charge in [-0.3, -0.25) is 0 Å². The van der Waals surface area contributed by atoms with Gasteiger partial charge < -0.3 is 10.6 Å². The maximum atomic E-state index is 8.73. The summed E-state index contributed by atoms with van der Waals surface area (Å²) in [5.74, 6) is 0.549. The molecule has 5 heteroatoms. The number of anilines is 1. The Labute approximate surface area is 94.9 Å². The van der Waals surface area contributed by atoms with Crippen LogP contribution in [0, 0.1) is 11.3 Å². The van der Waals surface area contributed by atoms with Crippen molar-refractivity contribution < 1.29 is 0 Å². The Kier molecular flexibility index (Phi) is 3.67. The molecule has 1 fully saturated rings. The summed E-state index contributed by atoms with van der Waals surface area (Å²) in [7, 11) is 0. The molecule has 0 aliphatic carbocycles. The summed E-state index contributed by atoms with van der Waals surface area (Å²) in [6.45, 7) is 2.01. The lowest BCUT2D eigenvalue weighted by molar-refractivity contribution is 0.630.